The van der Waals surface area contributed by atoms with Gasteiger partial charge in [-0.05, 0) is 17.5 Å². The molecular weight excluding hydrogens is 278 g/mol. The van der Waals surface area contributed by atoms with Gasteiger partial charge in [0.25, 0.3) is 0 Å². The zero-order chi connectivity index (χ0) is 14.7. The number of rotatable bonds is 4. The van der Waals surface area contributed by atoms with E-state index in [1.165, 1.54) is 7.11 Å². The third-order valence-electron chi connectivity index (χ3n) is 2.98. The van der Waals surface area contributed by atoms with Crippen molar-refractivity contribution < 1.29 is 9.53 Å². The first-order valence-electron chi connectivity index (χ1n) is 6.29. The molecule has 0 aliphatic heterocycles. The molecule has 0 fully saturated rings. The first-order chi connectivity index (χ1) is 9.54. The van der Waals surface area contributed by atoms with Crippen molar-refractivity contribution in [2.24, 2.45) is 0 Å². The topological polar surface area (TPSA) is 57.0 Å². The summed E-state index contributed by atoms with van der Waals surface area (Å²) in [7, 11) is 1.33. The first kappa shape index (κ1) is 14.5. The maximum Gasteiger partial charge on any atom is 0.360 e. The van der Waals surface area contributed by atoms with Gasteiger partial charge in [-0.15, -0.1) is 5.10 Å². The van der Waals surface area contributed by atoms with Gasteiger partial charge in [-0.2, -0.15) is 0 Å². The van der Waals surface area contributed by atoms with Gasteiger partial charge in [-0.3, -0.25) is 0 Å². The van der Waals surface area contributed by atoms with E-state index < -0.39 is 5.97 Å². The summed E-state index contributed by atoms with van der Waals surface area (Å²) in [6.07, 6.45) is 0. The Morgan fingerprint density at radius 2 is 2.10 bits per heavy atom. The van der Waals surface area contributed by atoms with Crippen molar-refractivity contribution in [3.05, 3.63) is 46.2 Å². The average molecular weight is 294 g/mol. The van der Waals surface area contributed by atoms with Crippen LogP contribution in [0.4, 0.5) is 0 Å². The Morgan fingerprint density at radius 1 is 1.40 bits per heavy atom. The number of esters is 1. The van der Waals surface area contributed by atoms with Gasteiger partial charge in [-0.1, -0.05) is 48.9 Å². The van der Waals surface area contributed by atoms with Gasteiger partial charge in [-0.25, -0.2) is 9.48 Å². The standard InChI is InChI=1S/C14H16ClN3O2/c1-9(2)13-12(14(19)20-3)16-17-18(13)8-10-6-4-5-7-11(10)15/h4-7,9H,8H2,1-3H3. The van der Waals surface area contributed by atoms with Gasteiger partial charge in [0.1, 0.15) is 0 Å². The highest BCUT2D eigenvalue weighted by Crippen LogP contribution is 2.22. The summed E-state index contributed by atoms with van der Waals surface area (Å²) >= 11 is 6.15. The fraction of sp³-hybridized carbons (Fsp3) is 0.357. The number of ether oxygens (including phenoxy) is 1. The summed E-state index contributed by atoms with van der Waals surface area (Å²) in [6, 6.07) is 7.53. The lowest BCUT2D eigenvalue weighted by Crippen LogP contribution is -2.12. The Morgan fingerprint density at radius 3 is 2.70 bits per heavy atom. The molecular formula is C14H16ClN3O2. The maximum absolute atomic E-state index is 11.7. The highest BCUT2D eigenvalue weighted by Gasteiger charge is 2.22. The van der Waals surface area contributed by atoms with Crippen LogP contribution in [-0.4, -0.2) is 28.1 Å². The molecule has 6 heteroatoms. The van der Waals surface area contributed by atoms with E-state index in [2.05, 4.69) is 10.3 Å². The number of aromatic nitrogens is 3. The van der Waals surface area contributed by atoms with Gasteiger partial charge >= 0.3 is 5.97 Å². The highest BCUT2D eigenvalue weighted by molar-refractivity contribution is 6.31. The normalized spacial score (nSPS) is 10.8. The van der Waals surface area contributed by atoms with Crippen molar-refractivity contribution in [3.63, 3.8) is 0 Å². The van der Waals surface area contributed by atoms with Crippen LogP contribution in [0.3, 0.4) is 0 Å². The van der Waals surface area contributed by atoms with E-state index in [9.17, 15) is 4.79 Å². The van der Waals surface area contributed by atoms with E-state index in [0.717, 1.165) is 11.3 Å². The van der Waals surface area contributed by atoms with Crippen LogP contribution in [0.15, 0.2) is 24.3 Å². The second-order valence-corrected chi connectivity index (χ2v) is 5.13. The lowest BCUT2D eigenvalue weighted by molar-refractivity contribution is 0.0592. The van der Waals surface area contributed by atoms with Crippen LogP contribution < -0.4 is 0 Å². The van der Waals surface area contributed by atoms with Crippen molar-refractivity contribution >= 4 is 17.6 Å². The molecule has 0 saturated heterocycles. The highest BCUT2D eigenvalue weighted by atomic mass is 35.5. The van der Waals surface area contributed by atoms with E-state index in [1.54, 1.807) is 4.68 Å². The number of nitrogens with zero attached hydrogens (tertiary/aromatic N) is 3. The number of methoxy groups -OCH3 is 1. The van der Waals surface area contributed by atoms with E-state index >= 15 is 0 Å². The van der Waals surface area contributed by atoms with Gasteiger partial charge in [0.05, 0.1) is 19.3 Å². The number of hydrogen-bond acceptors (Lipinski definition) is 4. The quantitative estimate of drug-likeness (QED) is 0.813. The fourth-order valence-electron chi connectivity index (χ4n) is 2.04. The van der Waals surface area contributed by atoms with Crippen molar-refractivity contribution in [2.45, 2.75) is 26.3 Å². The van der Waals surface area contributed by atoms with Crippen LogP contribution in [0.2, 0.25) is 5.02 Å². The van der Waals surface area contributed by atoms with Gasteiger partial charge < -0.3 is 4.74 Å². The third kappa shape index (κ3) is 2.82. The molecule has 0 unspecified atom stereocenters. The van der Waals surface area contributed by atoms with Gasteiger partial charge in [0, 0.05) is 5.02 Å². The molecule has 1 aromatic heterocycles. The molecule has 0 aliphatic rings. The molecule has 2 aromatic rings. The molecule has 106 valence electrons. The molecule has 1 aromatic carbocycles. The SMILES string of the molecule is COC(=O)c1nnn(Cc2ccccc2Cl)c1C(C)C. The van der Waals surface area contributed by atoms with E-state index in [-0.39, 0.29) is 11.6 Å². The van der Waals surface area contributed by atoms with E-state index in [0.29, 0.717) is 11.6 Å². The predicted molar refractivity (Wildman–Crippen MR) is 76.0 cm³/mol. The van der Waals surface area contributed by atoms with Crippen LogP contribution in [0.1, 0.15) is 41.5 Å². The van der Waals surface area contributed by atoms with E-state index in [1.807, 2.05) is 38.1 Å². The Labute approximate surface area is 122 Å². The molecule has 0 aliphatic carbocycles. The third-order valence-corrected chi connectivity index (χ3v) is 3.35. The Hall–Kier alpha value is -1.88. The summed E-state index contributed by atoms with van der Waals surface area (Å²) in [6.45, 7) is 4.43. The summed E-state index contributed by atoms with van der Waals surface area (Å²) in [5.74, 6) is -0.374. The Kier molecular flexibility index (Phi) is 4.39. The molecule has 0 spiro atoms. The first-order valence-corrected chi connectivity index (χ1v) is 6.67. The Bertz CT molecular complexity index is 623. The summed E-state index contributed by atoms with van der Waals surface area (Å²) in [4.78, 5) is 11.7. The van der Waals surface area contributed by atoms with Crippen molar-refractivity contribution in [2.75, 3.05) is 7.11 Å². The minimum absolute atomic E-state index is 0.0987. The molecule has 2 rings (SSSR count). The number of carbonyl (C=O) groups excluding carboxylic acids is 1. The lowest BCUT2D eigenvalue weighted by Gasteiger charge is -2.11. The van der Waals surface area contributed by atoms with Gasteiger partial charge in [0.2, 0.25) is 0 Å². The number of carbonyl (C=O) groups is 1. The van der Waals surface area contributed by atoms with Crippen LogP contribution in [0, 0.1) is 0 Å². The largest absolute Gasteiger partial charge is 0.464 e. The summed E-state index contributed by atoms with van der Waals surface area (Å²) in [5, 5.41) is 8.64. The van der Waals surface area contributed by atoms with Gasteiger partial charge in [0.15, 0.2) is 5.69 Å². The Balaban J connectivity index is 2.40. The minimum Gasteiger partial charge on any atom is -0.464 e. The molecule has 0 amide bonds. The minimum atomic E-state index is -0.473. The zero-order valence-corrected chi connectivity index (χ0v) is 12.4. The zero-order valence-electron chi connectivity index (χ0n) is 11.6. The molecule has 0 radical (unpaired) electrons. The number of hydrogen-bond donors (Lipinski definition) is 0. The van der Waals surface area contributed by atoms with Crippen LogP contribution in [0.25, 0.3) is 0 Å². The molecule has 0 N–H and O–H groups in total. The van der Waals surface area contributed by atoms with E-state index in [4.69, 9.17) is 16.3 Å². The molecule has 1 heterocycles. The second-order valence-electron chi connectivity index (χ2n) is 4.72. The molecule has 5 nitrogen and oxygen atoms in total. The monoisotopic (exact) mass is 293 g/mol. The fourth-order valence-corrected chi connectivity index (χ4v) is 2.23. The van der Waals surface area contributed by atoms with Crippen LogP contribution in [0.5, 0.6) is 0 Å². The molecule has 20 heavy (non-hydrogen) atoms. The predicted octanol–water partition coefficient (Wildman–Crippen LogP) is 2.89. The number of halogens is 1. The molecule has 0 atom stereocenters. The second kappa shape index (κ2) is 6.05. The molecule has 0 saturated carbocycles. The van der Waals surface area contributed by atoms with Crippen molar-refractivity contribution in [1.29, 1.82) is 0 Å². The maximum atomic E-state index is 11.7. The smallest absolute Gasteiger partial charge is 0.360 e. The van der Waals surface area contributed by atoms with Crippen LogP contribution in [-0.2, 0) is 11.3 Å². The number of benzene rings is 1. The lowest BCUT2D eigenvalue weighted by atomic mass is 10.1. The molecule has 0 bridgehead atoms. The summed E-state index contributed by atoms with van der Waals surface area (Å²) in [5.41, 5.74) is 1.93. The summed E-state index contributed by atoms with van der Waals surface area (Å²) < 4.78 is 6.43. The van der Waals surface area contributed by atoms with Crippen molar-refractivity contribution in [3.8, 4) is 0 Å². The van der Waals surface area contributed by atoms with Crippen LogP contribution >= 0.6 is 11.6 Å². The van der Waals surface area contributed by atoms with Crippen molar-refractivity contribution in [1.82, 2.24) is 15.0 Å². The average Bonchev–Trinajstić information content (AvgIpc) is 2.84.